The van der Waals surface area contributed by atoms with Crippen LogP contribution < -0.4 is 20.1 Å². The molecule has 42 heavy (non-hydrogen) atoms. The van der Waals surface area contributed by atoms with Crippen LogP contribution in [0.2, 0.25) is 0 Å². The Labute approximate surface area is 250 Å². The fourth-order valence-electron chi connectivity index (χ4n) is 4.43. The molecule has 9 heteroatoms. The van der Waals surface area contributed by atoms with Crippen LogP contribution in [0.3, 0.4) is 0 Å². The topological polar surface area (TPSA) is 114 Å². The van der Waals surface area contributed by atoms with Crippen molar-refractivity contribution in [1.29, 1.82) is 0 Å². The number of aliphatic hydroxyl groups excluding tert-OH is 1. The van der Waals surface area contributed by atoms with E-state index in [-0.39, 0.29) is 30.4 Å². The number of aliphatic hydroxyl groups is 1. The molecule has 0 aliphatic rings. The Balaban J connectivity index is 1.72. The van der Waals surface area contributed by atoms with Crippen molar-refractivity contribution in [1.82, 2.24) is 10.6 Å². The second-order valence-electron chi connectivity index (χ2n) is 10.9. The van der Waals surface area contributed by atoms with Gasteiger partial charge in [0.25, 0.3) is 5.91 Å². The molecule has 0 radical (unpaired) electrons. The lowest BCUT2D eigenvalue weighted by Crippen LogP contribution is -2.52. The molecule has 228 valence electrons. The van der Waals surface area contributed by atoms with Crippen LogP contribution in [0.5, 0.6) is 11.5 Å². The summed E-state index contributed by atoms with van der Waals surface area (Å²) in [4.78, 5) is 13.6. The quantitative estimate of drug-likeness (QED) is 0.202. The molecule has 8 nitrogen and oxygen atoms in total. The predicted octanol–water partition coefficient (Wildman–Crippen LogP) is 4.17. The zero-order valence-corrected chi connectivity index (χ0v) is 25.6. The number of benzene rings is 3. The van der Waals surface area contributed by atoms with Gasteiger partial charge in [0, 0.05) is 19.5 Å². The Morgan fingerprint density at radius 3 is 2.14 bits per heavy atom. The molecule has 1 amide bonds. The van der Waals surface area contributed by atoms with E-state index in [0.29, 0.717) is 25.1 Å². The number of nitrogens with one attached hydrogen (secondary N) is 2. The Kier molecular flexibility index (Phi) is 13.3. The number of carbonyl (C=O) groups is 1. The van der Waals surface area contributed by atoms with Crippen LogP contribution in [0.4, 0.5) is 0 Å². The number of rotatable bonds is 18. The number of hydrogen-bond acceptors (Lipinski definition) is 7. The summed E-state index contributed by atoms with van der Waals surface area (Å²) in [5.74, 6) is 0.914. The molecule has 3 rings (SSSR count). The highest BCUT2D eigenvalue weighted by atomic mass is 32.2. The summed E-state index contributed by atoms with van der Waals surface area (Å²) in [5.41, 5.74) is 1.95. The molecule has 3 atom stereocenters. The van der Waals surface area contributed by atoms with Crippen LogP contribution >= 0.6 is 0 Å². The van der Waals surface area contributed by atoms with Gasteiger partial charge in [-0.15, -0.1) is 0 Å². The summed E-state index contributed by atoms with van der Waals surface area (Å²) < 4.78 is 36.7. The molecule has 0 aliphatic carbocycles. The Morgan fingerprint density at radius 1 is 0.857 bits per heavy atom. The summed E-state index contributed by atoms with van der Waals surface area (Å²) in [6, 6.07) is 25.5. The third-order valence-electron chi connectivity index (χ3n) is 6.92. The van der Waals surface area contributed by atoms with Crippen molar-refractivity contribution in [2.75, 3.05) is 25.2 Å². The van der Waals surface area contributed by atoms with E-state index in [1.54, 1.807) is 31.4 Å². The summed E-state index contributed by atoms with van der Waals surface area (Å²) in [6.07, 6.45) is -1.02. The number of hydrogen-bond donors (Lipinski definition) is 3. The summed E-state index contributed by atoms with van der Waals surface area (Å²) in [5, 5.41) is 17.4. The van der Waals surface area contributed by atoms with Gasteiger partial charge in [0.1, 0.15) is 21.3 Å². The first-order valence-corrected chi connectivity index (χ1v) is 16.3. The molecule has 0 spiro atoms. The third kappa shape index (κ3) is 11.8. The zero-order valence-electron chi connectivity index (χ0n) is 24.7. The largest absolute Gasteiger partial charge is 0.497 e. The Bertz CT molecular complexity index is 1320. The normalized spacial score (nSPS) is 13.7. The molecule has 0 heterocycles. The fraction of sp³-hybridized carbons (Fsp3) is 0.424. The highest BCUT2D eigenvalue weighted by Gasteiger charge is 2.29. The van der Waals surface area contributed by atoms with Crippen molar-refractivity contribution in [3.8, 4) is 11.5 Å². The number of carbonyl (C=O) groups excluding carboxylic acids is 1. The molecule has 0 saturated carbocycles. The Morgan fingerprint density at radius 2 is 1.48 bits per heavy atom. The summed E-state index contributed by atoms with van der Waals surface area (Å²) in [6.45, 7) is 4.69. The highest BCUT2D eigenvalue weighted by molar-refractivity contribution is 7.91. The van der Waals surface area contributed by atoms with E-state index in [1.807, 2.05) is 74.5 Å². The smallest absolute Gasteiger partial charge is 0.261 e. The van der Waals surface area contributed by atoms with Crippen LogP contribution in [-0.4, -0.2) is 62.8 Å². The third-order valence-corrected chi connectivity index (χ3v) is 8.63. The zero-order chi connectivity index (χ0) is 30.4. The lowest BCUT2D eigenvalue weighted by molar-refractivity contribution is -0.129. The minimum atomic E-state index is -3.36. The van der Waals surface area contributed by atoms with Gasteiger partial charge < -0.3 is 25.2 Å². The number of para-hydroxylation sites is 1. The minimum Gasteiger partial charge on any atom is -0.497 e. The SMILES string of the molecule is COc1cccc(CNC[C@H](O)[C@H](Cc2ccccc2)NC(=O)C(CCS(=O)(=O)CCC(C)C)Oc2ccccc2)c1. The molecule has 0 aliphatic heterocycles. The Hall–Kier alpha value is -3.40. The van der Waals surface area contributed by atoms with Gasteiger partial charge in [-0.05, 0) is 54.2 Å². The van der Waals surface area contributed by atoms with Crippen molar-refractivity contribution in [2.45, 2.75) is 57.9 Å². The second kappa shape index (κ2) is 16.9. The van der Waals surface area contributed by atoms with Gasteiger partial charge >= 0.3 is 0 Å². The van der Waals surface area contributed by atoms with Crippen LogP contribution in [0.25, 0.3) is 0 Å². The number of methoxy groups -OCH3 is 1. The van der Waals surface area contributed by atoms with Crippen molar-refractivity contribution >= 4 is 15.7 Å². The molecule has 0 bridgehead atoms. The number of ether oxygens (including phenoxy) is 2. The molecule has 0 fully saturated rings. The minimum absolute atomic E-state index is 0.00337. The predicted molar refractivity (Wildman–Crippen MR) is 166 cm³/mol. The average molecular weight is 597 g/mol. The van der Waals surface area contributed by atoms with E-state index >= 15 is 0 Å². The van der Waals surface area contributed by atoms with Crippen molar-refractivity contribution in [3.63, 3.8) is 0 Å². The maximum atomic E-state index is 13.6. The average Bonchev–Trinajstić information content (AvgIpc) is 2.99. The molecular formula is C33H44N2O6S. The lowest BCUT2D eigenvalue weighted by Gasteiger charge is -2.27. The van der Waals surface area contributed by atoms with Crippen LogP contribution in [-0.2, 0) is 27.6 Å². The van der Waals surface area contributed by atoms with Crippen LogP contribution in [0.1, 0.15) is 37.8 Å². The van der Waals surface area contributed by atoms with E-state index in [2.05, 4.69) is 10.6 Å². The standard InChI is InChI=1S/C33H44N2O6S/c1-25(2)17-19-42(38,39)20-18-32(41-28-14-8-5-9-15-28)33(37)35-30(22-26-11-6-4-7-12-26)31(36)24-34-23-27-13-10-16-29(21-27)40-3/h4-16,21,25,30-32,34,36H,17-20,22-24H2,1-3H3,(H,35,37)/t30-,31-,32?/m0/s1. The molecule has 3 aromatic rings. The van der Waals surface area contributed by atoms with Crippen molar-refractivity contribution in [3.05, 3.63) is 96.1 Å². The van der Waals surface area contributed by atoms with Crippen molar-refractivity contribution in [2.24, 2.45) is 5.92 Å². The van der Waals surface area contributed by atoms with E-state index in [4.69, 9.17) is 9.47 Å². The van der Waals surface area contributed by atoms with E-state index in [0.717, 1.165) is 16.9 Å². The van der Waals surface area contributed by atoms with E-state index in [9.17, 15) is 18.3 Å². The summed E-state index contributed by atoms with van der Waals surface area (Å²) in [7, 11) is -1.75. The summed E-state index contributed by atoms with van der Waals surface area (Å²) >= 11 is 0. The molecule has 1 unspecified atom stereocenters. The van der Waals surface area contributed by atoms with Crippen LogP contribution in [0, 0.1) is 5.92 Å². The molecule has 0 aromatic heterocycles. The number of sulfone groups is 1. The molecule has 0 saturated heterocycles. The first kappa shape index (κ1) is 33.1. The monoisotopic (exact) mass is 596 g/mol. The van der Waals surface area contributed by atoms with E-state index in [1.165, 1.54) is 0 Å². The van der Waals surface area contributed by atoms with Crippen LogP contribution in [0.15, 0.2) is 84.9 Å². The number of amides is 1. The first-order valence-electron chi connectivity index (χ1n) is 14.4. The maximum Gasteiger partial charge on any atom is 0.261 e. The van der Waals surface area contributed by atoms with Gasteiger partial charge in [-0.25, -0.2) is 8.42 Å². The fourth-order valence-corrected chi connectivity index (χ4v) is 6.03. The van der Waals surface area contributed by atoms with Gasteiger partial charge in [0.15, 0.2) is 6.10 Å². The van der Waals surface area contributed by atoms with Gasteiger partial charge in [0.2, 0.25) is 0 Å². The van der Waals surface area contributed by atoms with Gasteiger partial charge in [-0.3, -0.25) is 4.79 Å². The van der Waals surface area contributed by atoms with Gasteiger partial charge in [-0.1, -0.05) is 74.5 Å². The second-order valence-corrected chi connectivity index (χ2v) is 13.2. The van der Waals surface area contributed by atoms with E-state index < -0.39 is 34.0 Å². The van der Waals surface area contributed by atoms with Gasteiger partial charge in [-0.2, -0.15) is 0 Å². The molecule has 3 aromatic carbocycles. The van der Waals surface area contributed by atoms with Gasteiger partial charge in [0.05, 0.1) is 30.8 Å². The maximum absolute atomic E-state index is 13.6. The molecular weight excluding hydrogens is 552 g/mol. The highest BCUT2D eigenvalue weighted by Crippen LogP contribution is 2.16. The first-order chi connectivity index (χ1) is 20.1. The van der Waals surface area contributed by atoms with Crippen molar-refractivity contribution < 1.29 is 27.8 Å². The lowest BCUT2D eigenvalue weighted by atomic mass is 10.0. The molecule has 3 N–H and O–H groups in total.